The van der Waals surface area contributed by atoms with Gasteiger partial charge in [0, 0.05) is 12.8 Å². The maximum atomic E-state index is 10.3. The monoisotopic (exact) mass is 98.1 g/mol. The lowest BCUT2D eigenvalue weighted by Gasteiger charge is -2.31. The molecular formula is C6H10O. The van der Waals surface area contributed by atoms with Gasteiger partial charge in [0.15, 0.2) is 0 Å². The fourth-order valence-corrected chi connectivity index (χ4v) is 1.02. The van der Waals surface area contributed by atoms with Crippen molar-refractivity contribution in [2.24, 2.45) is 5.41 Å². The zero-order chi connectivity index (χ0) is 5.49. The van der Waals surface area contributed by atoms with Gasteiger partial charge >= 0.3 is 0 Å². The van der Waals surface area contributed by atoms with Crippen LogP contribution in [0.25, 0.3) is 0 Å². The molecule has 0 aromatic heterocycles. The lowest BCUT2D eigenvalue weighted by Crippen LogP contribution is -2.31. The van der Waals surface area contributed by atoms with E-state index in [1.54, 1.807) is 0 Å². The van der Waals surface area contributed by atoms with Gasteiger partial charge in [-0.1, -0.05) is 13.8 Å². The van der Waals surface area contributed by atoms with Crippen LogP contribution in [0, 0.1) is 5.41 Å². The quantitative estimate of drug-likeness (QED) is 0.447. The molecule has 0 aromatic carbocycles. The average molecular weight is 98.1 g/mol. The van der Waals surface area contributed by atoms with Gasteiger partial charge in [0.25, 0.3) is 0 Å². The minimum atomic E-state index is 0.344. The van der Waals surface area contributed by atoms with E-state index in [4.69, 9.17) is 0 Å². The number of hydrogen-bond acceptors (Lipinski definition) is 1. The highest BCUT2D eigenvalue weighted by Crippen LogP contribution is 2.35. The first-order chi connectivity index (χ1) is 3.10. The molecule has 40 valence electrons. The fourth-order valence-electron chi connectivity index (χ4n) is 1.02. The Hall–Kier alpha value is -0.330. The summed E-state index contributed by atoms with van der Waals surface area (Å²) in [4.78, 5) is 10.3. The number of carbonyl (C=O) groups excluding carboxylic acids is 1. The minimum absolute atomic E-state index is 0.344. The summed E-state index contributed by atoms with van der Waals surface area (Å²) in [6, 6.07) is 0. The standard InChI is InChI=1S/C6H10O/c1-6(2)3-5(7)4-6/h3-4H2,1-2H3. The van der Waals surface area contributed by atoms with Gasteiger partial charge in [-0.25, -0.2) is 0 Å². The molecule has 1 rings (SSSR count). The van der Waals surface area contributed by atoms with Crippen LogP contribution in [0.5, 0.6) is 0 Å². The molecule has 0 saturated heterocycles. The van der Waals surface area contributed by atoms with Gasteiger partial charge in [-0.3, -0.25) is 4.79 Å². The van der Waals surface area contributed by atoms with Crippen LogP contribution in [-0.2, 0) is 4.79 Å². The topological polar surface area (TPSA) is 17.1 Å². The summed E-state index contributed by atoms with van der Waals surface area (Å²) in [5, 5.41) is 0. The largest absolute Gasteiger partial charge is 0.300 e. The van der Waals surface area contributed by atoms with E-state index in [-0.39, 0.29) is 0 Å². The van der Waals surface area contributed by atoms with Gasteiger partial charge in [-0.2, -0.15) is 0 Å². The van der Waals surface area contributed by atoms with Crippen LogP contribution >= 0.6 is 0 Å². The molecule has 0 atom stereocenters. The SMILES string of the molecule is CC1(C)CC(=O)C1. The van der Waals surface area contributed by atoms with Gasteiger partial charge in [0.2, 0.25) is 0 Å². The van der Waals surface area contributed by atoms with E-state index in [0.29, 0.717) is 11.2 Å². The van der Waals surface area contributed by atoms with Crippen LogP contribution < -0.4 is 0 Å². The van der Waals surface area contributed by atoms with Crippen LogP contribution in [0.2, 0.25) is 0 Å². The summed E-state index contributed by atoms with van der Waals surface area (Å²) in [6.07, 6.45) is 1.60. The Bertz CT molecular complexity index is 92.7. The second-order valence-electron chi connectivity index (χ2n) is 3.06. The van der Waals surface area contributed by atoms with Crippen molar-refractivity contribution in [1.29, 1.82) is 0 Å². The first kappa shape index (κ1) is 4.82. The third-order valence-electron chi connectivity index (χ3n) is 1.35. The van der Waals surface area contributed by atoms with Gasteiger partial charge < -0.3 is 0 Å². The molecule has 0 bridgehead atoms. The molecule has 0 aromatic rings. The predicted octanol–water partition coefficient (Wildman–Crippen LogP) is 1.38. The summed E-state index contributed by atoms with van der Waals surface area (Å²) < 4.78 is 0. The molecule has 1 saturated carbocycles. The molecule has 0 aliphatic heterocycles. The molecule has 0 radical (unpaired) electrons. The summed E-state index contributed by atoms with van der Waals surface area (Å²) in [5.41, 5.74) is 0.344. The van der Waals surface area contributed by atoms with Crippen molar-refractivity contribution in [2.45, 2.75) is 26.7 Å². The zero-order valence-corrected chi connectivity index (χ0v) is 4.82. The van der Waals surface area contributed by atoms with Crippen LogP contribution in [0.15, 0.2) is 0 Å². The molecule has 1 heteroatoms. The Morgan fingerprint density at radius 3 is 1.86 bits per heavy atom. The molecule has 1 nitrogen and oxygen atoms in total. The zero-order valence-electron chi connectivity index (χ0n) is 4.82. The first-order valence-corrected chi connectivity index (χ1v) is 2.62. The van der Waals surface area contributed by atoms with E-state index in [0.717, 1.165) is 12.8 Å². The van der Waals surface area contributed by atoms with Gasteiger partial charge in [-0.05, 0) is 5.41 Å². The normalized spacial score (nSPS) is 26.9. The highest BCUT2D eigenvalue weighted by molar-refractivity contribution is 5.85. The van der Waals surface area contributed by atoms with Crippen LogP contribution in [-0.4, -0.2) is 5.78 Å². The molecule has 1 fully saturated rings. The van der Waals surface area contributed by atoms with E-state index in [1.807, 2.05) is 0 Å². The minimum Gasteiger partial charge on any atom is -0.300 e. The molecule has 0 N–H and O–H groups in total. The Morgan fingerprint density at radius 2 is 1.86 bits per heavy atom. The lowest BCUT2D eigenvalue weighted by molar-refractivity contribution is -0.130. The second kappa shape index (κ2) is 1.09. The Labute approximate surface area is 43.7 Å². The lowest BCUT2D eigenvalue weighted by atomic mass is 9.71. The molecule has 0 amide bonds. The van der Waals surface area contributed by atoms with Gasteiger partial charge in [0.1, 0.15) is 5.78 Å². The maximum absolute atomic E-state index is 10.3. The smallest absolute Gasteiger partial charge is 0.134 e. The second-order valence-corrected chi connectivity index (χ2v) is 3.06. The van der Waals surface area contributed by atoms with Crippen LogP contribution in [0.4, 0.5) is 0 Å². The van der Waals surface area contributed by atoms with Crippen molar-refractivity contribution in [1.82, 2.24) is 0 Å². The van der Waals surface area contributed by atoms with Crippen molar-refractivity contribution in [3.8, 4) is 0 Å². The molecule has 0 spiro atoms. The molecule has 0 unspecified atom stereocenters. The van der Waals surface area contributed by atoms with Crippen molar-refractivity contribution in [2.75, 3.05) is 0 Å². The molecule has 1 aliphatic carbocycles. The summed E-state index contributed by atoms with van der Waals surface area (Å²) in [5.74, 6) is 0.421. The van der Waals surface area contributed by atoms with Crippen molar-refractivity contribution in [3.63, 3.8) is 0 Å². The van der Waals surface area contributed by atoms with Gasteiger partial charge in [-0.15, -0.1) is 0 Å². The van der Waals surface area contributed by atoms with Crippen LogP contribution in [0.1, 0.15) is 26.7 Å². The van der Waals surface area contributed by atoms with E-state index in [2.05, 4.69) is 13.8 Å². The molecular weight excluding hydrogens is 88.1 g/mol. The molecule has 0 heterocycles. The highest BCUT2D eigenvalue weighted by atomic mass is 16.1. The fraction of sp³-hybridized carbons (Fsp3) is 0.833. The Kier molecular flexibility index (Phi) is 0.748. The van der Waals surface area contributed by atoms with Crippen molar-refractivity contribution < 1.29 is 4.79 Å². The van der Waals surface area contributed by atoms with E-state index >= 15 is 0 Å². The summed E-state index contributed by atoms with van der Waals surface area (Å²) in [6.45, 7) is 4.24. The number of rotatable bonds is 0. The average Bonchev–Trinajstić information content (AvgIpc) is 1.27. The first-order valence-electron chi connectivity index (χ1n) is 2.62. The van der Waals surface area contributed by atoms with E-state index < -0.39 is 0 Å². The van der Waals surface area contributed by atoms with Crippen LogP contribution in [0.3, 0.4) is 0 Å². The highest BCUT2D eigenvalue weighted by Gasteiger charge is 2.33. The molecule has 1 aliphatic rings. The van der Waals surface area contributed by atoms with Crippen molar-refractivity contribution in [3.05, 3.63) is 0 Å². The van der Waals surface area contributed by atoms with E-state index in [1.165, 1.54) is 0 Å². The number of carbonyl (C=O) groups is 1. The Morgan fingerprint density at radius 1 is 1.43 bits per heavy atom. The number of hydrogen-bond donors (Lipinski definition) is 0. The van der Waals surface area contributed by atoms with Crippen molar-refractivity contribution >= 4 is 5.78 Å². The summed E-state index contributed by atoms with van der Waals surface area (Å²) in [7, 11) is 0. The number of Topliss-reactive ketones (excluding diaryl/α,β-unsaturated/α-hetero) is 1. The third-order valence-corrected chi connectivity index (χ3v) is 1.35. The van der Waals surface area contributed by atoms with E-state index in [9.17, 15) is 4.79 Å². The Balaban J connectivity index is 2.43. The van der Waals surface area contributed by atoms with Gasteiger partial charge in [0.05, 0.1) is 0 Å². The number of ketones is 1. The maximum Gasteiger partial charge on any atom is 0.134 e. The third kappa shape index (κ3) is 0.817. The predicted molar refractivity (Wildman–Crippen MR) is 28.0 cm³/mol. The summed E-state index contributed by atoms with van der Waals surface area (Å²) >= 11 is 0. The molecule has 7 heavy (non-hydrogen) atoms.